The highest BCUT2D eigenvalue weighted by molar-refractivity contribution is 6.10. The van der Waals surface area contributed by atoms with Gasteiger partial charge in [0.25, 0.3) is 11.8 Å². The summed E-state index contributed by atoms with van der Waals surface area (Å²) in [5.41, 5.74) is 1.87. The fourth-order valence-electron chi connectivity index (χ4n) is 3.23. The van der Waals surface area contributed by atoms with Crippen molar-refractivity contribution in [2.75, 3.05) is 18.4 Å². The Morgan fingerprint density at radius 1 is 0.909 bits per heavy atom. The van der Waals surface area contributed by atoms with Gasteiger partial charge in [-0.3, -0.25) is 14.4 Å². The molecule has 3 amide bonds. The number of rotatable bonds is 9. The zero-order chi connectivity index (χ0) is 23.6. The van der Waals surface area contributed by atoms with Crippen LogP contribution in [0.3, 0.4) is 0 Å². The van der Waals surface area contributed by atoms with E-state index in [0.717, 1.165) is 5.56 Å². The number of hydrogen-bond acceptors (Lipinski definition) is 4. The van der Waals surface area contributed by atoms with E-state index in [9.17, 15) is 14.4 Å². The average molecular weight is 446 g/mol. The standard InChI is InChI=1S/C26H27N3O4/c1-3-29(4-2)24(30)17-19-12-14-21(15-13-19)27-26(32)23(18-22-11-8-16-33-22)28-25(31)20-9-6-5-7-10-20/h5-16,18H,3-4,17H2,1-2H3,(H,27,32)(H,28,31). The Labute approximate surface area is 193 Å². The van der Waals surface area contributed by atoms with E-state index in [1.165, 1.54) is 12.3 Å². The summed E-state index contributed by atoms with van der Waals surface area (Å²) in [6, 6.07) is 19.1. The molecule has 0 spiro atoms. The van der Waals surface area contributed by atoms with Gasteiger partial charge < -0.3 is 20.0 Å². The Balaban J connectivity index is 1.71. The van der Waals surface area contributed by atoms with Gasteiger partial charge >= 0.3 is 0 Å². The quantitative estimate of drug-likeness (QED) is 0.485. The van der Waals surface area contributed by atoms with E-state index in [0.29, 0.717) is 36.5 Å². The van der Waals surface area contributed by atoms with Gasteiger partial charge in [0.1, 0.15) is 11.5 Å². The molecule has 0 aliphatic rings. The van der Waals surface area contributed by atoms with Crippen molar-refractivity contribution in [2.24, 2.45) is 0 Å². The number of anilines is 1. The number of nitrogens with zero attached hydrogens (tertiary/aromatic N) is 1. The number of nitrogens with one attached hydrogen (secondary N) is 2. The summed E-state index contributed by atoms with van der Waals surface area (Å²) in [5.74, 6) is -0.417. The maximum atomic E-state index is 12.9. The third kappa shape index (κ3) is 6.67. The normalized spacial score (nSPS) is 11.0. The topological polar surface area (TPSA) is 91.7 Å². The minimum atomic E-state index is -0.498. The highest BCUT2D eigenvalue weighted by Crippen LogP contribution is 2.14. The fraction of sp³-hybridized carbons (Fsp3) is 0.192. The summed E-state index contributed by atoms with van der Waals surface area (Å²) >= 11 is 0. The van der Waals surface area contributed by atoms with Crippen LogP contribution in [0.25, 0.3) is 6.08 Å². The Bertz CT molecular complexity index is 1100. The van der Waals surface area contributed by atoms with Crippen LogP contribution in [-0.4, -0.2) is 35.7 Å². The van der Waals surface area contributed by atoms with Crippen LogP contribution in [0.15, 0.2) is 83.1 Å². The van der Waals surface area contributed by atoms with E-state index in [4.69, 9.17) is 4.42 Å². The van der Waals surface area contributed by atoms with Crippen molar-refractivity contribution in [1.29, 1.82) is 0 Å². The van der Waals surface area contributed by atoms with Crippen molar-refractivity contribution < 1.29 is 18.8 Å². The van der Waals surface area contributed by atoms with Crippen LogP contribution in [0.4, 0.5) is 5.69 Å². The first-order valence-corrected chi connectivity index (χ1v) is 10.8. The van der Waals surface area contributed by atoms with Gasteiger partial charge in [0.05, 0.1) is 12.7 Å². The molecule has 0 aliphatic heterocycles. The van der Waals surface area contributed by atoms with Crippen molar-refractivity contribution in [1.82, 2.24) is 10.2 Å². The molecular formula is C26H27N3O4. The molecule has 7 nitrogen and oxygen atoms in total. The van der Waals surface area contributed by atoms with Crippen molar-refractivity contribution >= 4 is 29.5 Å². The lowest BCUT2D eigenvalue weighted by molar-refractivity contribution is -0.130. The Morgan fingerprint density at radius 3 is 2.21 bits per heavy atom. The van der Waals surface area contributed by atoms with E-state index in [1.807, 2.05) is 19.9 Å². The number of furan rings is 1. The molecule has 0 unspecified atom stereocenters. The number of carbonyl (C=O) groups is 3. The van der Waals surface area contributed by atoms with E-state index < -0.39 is 11.8 Å². The van der Waals surface area contributed by atoms with Crippen LogP contribution >= 0.6 is 0 Å². The molecule has 3 rings (SSSR count). The van der Waals surface area contributed by atoms with E-state index in [1.54, 1.807) is 65.6 Å². The molecule has 3 aromatic rings. The van der Waals surface area contributed by atoms with Gasteiger partial charge in [0, 0.05) is 30.4 Å². The molecule has 0 radical (unpaired) electrons. The minimum absolute atomic E-state index is 0.0413. The van der Waals surface area contributed by atoms with Gasteiger partial charge in [0.2, 0.25) is 5.91 Å². The molecule has 2 aromatic carbocycles. The number of amides is 3. The van der Waals surface area contributed by atoms with Gasteiger partial charge in [-0.15, -0.1) is 0 Å². The van der Waals surface area contributed by atoms with E-state index >= 15 is 0 Å². The first-order chi connectivity index (χ1) is 16.0. The zero-order valence-electron chi connectivity index (χ0n) is 18.7. The second kappa shape index (κ2) is 11.5. The van der Waals surface area contributed by atoms with Crippen LogP contribution in [-0.2, 0) is 16.0 Å². The van der Waals surface area contributed by atoms with Gasteiger partial charge in [-0.2, -0.15) is 0 Å². The lowest BCUT2D eigenvalue weighted by atomic mass is 10.1. The second-order valence-electron chi connectivity index (χ2n) is 7.29. The third-order valence-electron chi connectivity index (χ3n) is 5.04. The van der Waals surface area contributed by atoms with Crippen LogP contribution < -0.4 is 10.6 Å². The summed E-state index contributed by atoms with van der Waals surface area (Å²) < 4.78 is 5.30. The van der Waals surface area contributed by atoms with Crippen molar-refractivity contribution in [3.05, 3.63) is 95.6 Å². The third-order valence-corrected chi connectivity index (χ3v) is 5.04. The average Bonchev–Trinajstić information content (AvgIpc) is 3.34. The van der Waals surface area contributed by atoms with Gasteiger partial charge in [0.15, 0.2) is 0 Å². The molecule has 0 aliphatic carbocycles. The molecule has 0 saturated carbocycles. The molecule has 1 heterocycles. The summed E-state index contributed by atoms with van der Waals surface area (Å²) in [5, 5.41) is 5.43. The molecule has 0 atom stereocenters. The molecule has 0 bridgehead atoms. The molecular weight excluding hydrogens is 418 g/mol. The minimum Gasteiger partial charge on any atom is -0.465 e. The summed E-state index contributed by atoms with van der Waals surface area (Å²) in [6.07, 6.45) is 3.25. The van der Waals surface area contributed by atoms with E-state index in [2.05, 4.69) is 10.6 Å². The largest absolute Gasteiger partial charge is 0.465 e. The predicted octanol–water partition coefficient (Wildman–Crippen LogP) is 4.10. The summed E-state index contributed by atoms with van der Waals surface area (Å²) in [7, 11) is 0. The van der Waals surface area contributed by atoms with Gasteiger partial charge in [-0.05, 0) is 55.8 Å². The maximum absolute atomic E-state index is 12.9. The van der Waals surface area contributed by atoms with Crippen molar-refractivity contribution in [3.63, 3.8) is 0 Å². The summed E-state index contributed by atoms with van der Waals surface area (Å²) in [4.78, 5) is 39.6. The zero-order valence-corrected chi connectivity index (χ0v) is 18.7. The lowest BCUT2D eigenvalue weighted by Crippen LogP contribution is -2.31. The number of carbonyl (C=O) groups excluding carboxylic acids is 3. The monoisotopic (exact) mass is 445 g/mol. The highest BCUT2D eigenvalue weighted by Gasteiger charge is 2.16. The number of benzene rings is 2. The number of hydrogen-bond donors (Lipinski definition) is 2. The molecule has 0 saturated heterocycles. The highest BCUT2D eigenvalue weighted by atomic mass is 16.3. The molecule has 7 heteroatoms. The van der Waals surface area contributed by atoms with Crippen LogP contribution in [0.2, 0.25) is 0 Å². The second-order valence-corrected chi connectivity index (χ2v) is 7.29. The smallest absolute Gasteiger partial charge is 0.272 e. The Hall–Kier alpha value is -4.13. The maximum Gasteiger partial charge on any atom is 0.272 e. The van der Waals surface area contributed by atoms with Gasteiger partial charge in [-0.25, -0.2) is 0 Å². The Morgan fingerprint density at radius 2 is 1.61 bits per heavy atom. The van der Waals surface area contributed by atoms with Gasteiger partial charge in [-0.1, -0.05) is 30.3 Å². The molecule has 33 heavy (non-hydrogen) atoms. The molecule has 0 fully saturated rings. The fourth-order valence-corrected chi connectivity index (χ4v) is 3.23. The SMILES string of the molecule is CCN(CC)C(=O)Cc1ccc(NC(=O)C(=Cc2ccco2)NC(=O)c2ccccc2)cc1. The van der Waals surface area contributed by atoms with Crippen molar-refractivity contribution in [3.8, 4) is 0 Å². The first kappa shape index (κ1) is 23.5. The van der Waals surface area contributed by atoms with E-state index in [-0.39, 0.29) is 11.6 Å². The van der Waals surface area contributed by atoms with Crippen molar-refractivity contribution in [2.45, 2.75) is 20.3 Å². The predicted molar refractivity (Wildman–Crippen MR) is 127 cm³/mol. The Kier molecular flexibility index (Phi) is 8.18. The molecule has 1 aromatic heterocycles. The lowest BCUT2D eigenvalue weighted by Gasteiger charge is -2.18. The van der Waals surface area contributed by atoms with Crippen LogP contribution in [0.5, 0.6) is 0 Å². The molecule has 2 N–H and O–H groups in total. The summed E-state index contributed by atoms with van der Waals surface area (Å²) in [6.45, 7) is 5.24. The van der Waals surface area contributed by atoms with Crippen LogP contribution in [0, 0.1) is 0 Å². The molecule has 170 valence electrons. The van der Waals surface area contributed by atoms with Crippen LogP contribution in [0.1, 0.15) is 35.5 Å². The number of likely N-dealkylation sites (N-methyl/N-ethyl adjacent to an activating group) is 1. The first-order valence-electron chi connectivity index (χ1n) is 10.8.